The number of halogens is 2. The van der Waals surface area contributed by atoms with Gasteiger partial charge in [0.1, 0.15) is 5.15 Å². The van der Waals surface area contributed by atoms with Gasteiger partial charge in [0, 0.05) is 17.5 Å². The van der Waals surface area contributed by atoms with E-state index in [1.807, 2.05) is 0 Å². The maximum absolute atomic E-state index is 10.8. The molecule has 0 saturated heterocycles. The lowest BCUT2D eigenvalue weighted by molar-refractivity contribution is -0.385. The monoisotopic (exact) mass is 273 g/mol. The largest absolute Gasteiger partial charge is 0.490 e. The van der Waals surface area contributed by atoms with Gasteiger partial charge >= 0.3 is 5.69 Å². The molecular weight excluding hydrogens is 269 g/mol. The number of hydrogen-bond donors (Lipinski definition) is 0. The molecule has 6 nitrogen and oxygen atoms in total. The highest BCUT2D eigenvalue weighted by Gasteiger charge is 2.18. The Hall–Kier alpha value is -1.66. The molecule has 0 spiro atoms. The van der Waals surface area contributed by atoms with Gasteiger partial charge in [-0.05, 0) is 11.6 Å². The standard InChI is InChI=1S/C9H5Cl2N3O3/c1-17-7-3-5-4(2-6(7)14(15)16)8(10)13-9(11)12-5/h2-3H,1H3. The third-order valence-corrected chi connectivity index (χ3v) is 2.58. The summed E-state index contributed by atoms with van der Waals surface area (Å²) in [6.07, 6.45) is 0. The number of aromatic nitrogens is 2. The van der Waals surface area contributed by atoms with E-state index in [9.17, 15) is 10.1 Å². The van der Waals surface area contributed by atoms with Crippen LogP contribution in [0.25, 0.3) is 10.9 Å². The smallest absolute Gasteiger partial charge is 0.311 e. The van der Waals surface area contributed by atoms with Gasteiger partial charge in [0.15, 0.2) is 5.75 Å². The van der Waals surface area contributed by atoms with Gasteiger partial charge in [-0.2, -0.15) is 0 Å². The van der Waals surface area contributed by atoms with Crippen LogP contribution in [-0.4, -0.2) is 22.0 Å². The zero-order valence-corrected chi connectivity index (χ0v) is 9.99. The first-order valence-corrected chi connectivity index (χ1v) is 5.13. The summed E-state index contributed by atoms with van der Waals surface area (Å²) in [6, 6.07) is 2.65. The number of methoxy groups -OCH3 is 1. The van der Waals surface area contributed by atoms with Gasteiger partial charge in [0.2, 0.25) is 5.28 Å². The van der Waals surface area contributed by atoms with E-state index >= 15 is 0 Å². The first-order valence-electron chi connectivity index (χ1n) is 4.38. The minimum absolute atomic E-state index is 0.0293. The Balaban J connectivity index is 2.83. The molecule has 0 fully saturated rings. The molecule has 2 rings (SSSR count). The lowest BCUT2D eigenvalue weighted by Gasteiger charge is -2.04. The molecule has 0 saturated carbocycles. The Morgan fingerprint density at radius 3 is 2.65 bits per heavy atom. The van der Waals surface area contributed by atoms with Crippen molar-refractivity contribution in [2.24, 2.45) is 0 Å². The molecule has 0 amide bonds. The summed E-state index contributed by atoms with van der Waals surface area (Å²) in [4.78, 5) is 17.9. The van der Waals surface area contributed by atoms with E-state index in [-0.39, 0.29) is 21.9 Å². The summed E-state index contributed by atoms with van der Waals surface area (Å²) in [5, 5.41) is 11.2. The van der Waals surface area contributed by atoms with Crippen LogP contribution in [0, 0.1) is 10.1 Å². The Morgan fingerprint density at radius 1 is 1.35 bits per heavy atom. The summed E-state index contributed by atoms with van der Waals surface area (Å²) in [5.41, 5.74) is 0.185. The number of hydrogen-bond acceptors (Lipinski definition) is 5. The van der Waals surface area contributed by atoms with E-state index in [1.54, 1.807) is 0 Å². The fraction of sp³-hybridized carbons (Fsp3) is 0.111. The van der Waals surface area contributed by atoms with Gasteiger partial charge in [-0.1, -0.05) is 11.6 Å². The second-order valence-corrected chi connectivity index (χ2v) is 3.78. The van der Waals surface area contributed by atoms with Gasteiger partial charge < -0.3 is 4.74 Å². The maximum atomic E-state index is 10.8. The molecule has 2 aromatic rings. The van der Waals surface area contributed by atoms with Crippen molar-refractivity contribution in [1.82, 2.24) is 9.97 Å². The zero-order valence-electron chi connectivity index (χ0n) is 8.48. The van der Waals surface area contributed by atoms with Crippen LogP contribution in [0.1, 0.15) is 0 Å². The number of fused-ring (bicyclic) bond motifs is 1. The van der Waals surface area contributed by atoms with Crippen LogP contribution in [0.15, 0.2) is 12.1 Å². The van der Waals surface area contributed by atoms with Gasteiger partial charge in [-0.3, -0.25) is 10.1 Å². The van der Waals surface area contributed by atoms with Crippen LogP contribution >= 0.6 is 23.2 Å². The second-order valence-electron chi connectivity index (χ2n) is 3.08. The van der Waals surface area contributed by atoms with Crippen molar-refractivity contribution in [3.05, 3.63) is 32.7 Å². The Morgan fingerprint density at radius 2 is 2.06 bits per heavy atom. The van der Waals surface area contributed by atoms with Crippen LogP contribution in [0.5, 0.6) is 5.75 Å². The highest BCUT2D eigenvalue weighted by molar-refractivity contribution is 6.35. The molecule has 1 aromatic carbocycles. The van der Waals surface area contributed by atoms with E-state index in [1.165, 1.54) is 19.2 Å². The lowest BCUT2D eigenvalue weighted by atomic mass is 10.2. The van der Waals surface area contributed by atoms with Gasteiger partial charge in [-0.15, -0.1) is 0 Å². The summed E-state index contributed by atoms with van der Waals surface area (Å²) >= 11 is 11.5. The van der Waals surface area contributed by atoms with Crippen molar-refractivity contribution in [3.63, 3.8) is 0 Å². The number of benzene rings is 1. The van der Waals surface area contributed by atoms with Crippen LogP contribution in [0.4, 0.5) is 5.69 Å². The third-order valence-electron chi connectivity index (χ3n) is 2.12. The fourth-order valence-corrected chi connectivity index (χ4v) is 1.84. The summed E-state index contributed by atoms with van der Waals surface area (Å²) < 4.78 is 4.91. The molecule has 88 valence electrons. The zero-order chi connectivity index (χ0) is 12.6. The summed E-state index contributed by atoms with van der Waals surface area (Å²) in [7, 11) is 1.33. The molecule has 17 heavy (non-hydrogen) atoms. The highest BCUT2D eigenvalue weighted by Crippen LogP contribution is 2.33. The van der Waals surface area contributed by atoms with Crippen LogP contribution in [-0.2, 0) is 0 Å². The fourth-order valence-electron chi connectivity index (χ4n) is 1.39. The highest BCUT2D eigenvalue weighted by atomic mass is 35.5. The summed E-state index contributed by atoms with van der Waals surface area (Å²) in [5.74, 6) is 0.0910. The van der Waals surface area contributed by atoms with Gasteiger partial charge in [0.05, 0.1) is 17.5 Å². The average molecular weight is 274 g/mol. The number of rotatable bonds is 2. The minimum Gasteiger partial charge on any atom is -0.490 e. The molecule has 1 aromatic heterocycles. The normalized spacial score (nSPS) is 10.5. The van der Waals surface area contributed by atoms with Crippen LogP contribution in [0.2, 0.25) is 10.4 Å². The second kappa shape index (κ2) is 4.31. The van der Waals surface area contributed by atoms with Crippen molar-refractivity contribution >= 4 is 39.8 Å². The van der Waals surface area contributed by atoms with Crippen LogP contribution < -0.4 is 4.74 Å². The quantitative estimate of drug-likeness (QED) is 0.364. The van der Waals surface area contributed by atoms with Crippen LogP contribution in [0.3, 0.4) is 0 Å². The van der Waals surface area contributed by atoms with Gasteiger partial charge in [0.25, 0.3) is 0 Å². The Kier molecular flexibility index (Phi) is 2.99. The molecule has 0 aliphatic heterocycles. The van der Waals surface area contributed by atoms with E-state index < -0.39 is 4.92 Å². The third kappa shape index (κ3) is 2.09. The molecule has 8 heteroatoms. The number of nitro benzene ring substituents is 1. The average Bonchev–Trinajstić information content (AvgIpc) is 2.26. The SMILES string of the molecule is COc1cc2nc(Cl)nc(Cl)c2cc1[N+](=O)[O-]. The Labute approximate surface area is 105 Å². The van der Waals surface area contributed by atoms with E-state index in [0.29, 0.717) is 10.9 Å². The van der Waals surface area contributed by atoms with Crippen molar-refractivity contribution in [3.8, 4) is 5.75 Å². The van der Waals surface area contributed by atoms with Gasteiger partial charge in [-0.25, -0.2) is 9.97 Å². The molecule has 0 bridgehead atoms. The maximum Gasteiger partial charge on any atom is 0.311 e. The molecule has 0 unspecified atom stereocenters. The number of nitrogens with zero attached hydrogens (tertiary/aromatic N) is 3. The molecule has 0 aliphatic carbocycles. The topological polar surface area (TPSA) is 78.2 Å². The number of nitro groups is 1. The predicted molar refractivity (Wildman–Crippen MR) is 62.8 cm³/mol. The lowest BCUT2D eigenvalue weighted by Crippen LogP contribution is -1.95. The first-order chi connectivity index (χ1) is 8.02. The van der Waals surface area contributed by atoms with Crippen molar-refractivity contribution in [2.45, 2.75) is 0 Å². The number of ether oxygens (including phenoxy) is 1. The summed E-state index contributed by atoms with van der Waals surface area (Å²) in [6.45, 7) is 0. The molecule has 1 heterocycles. The molecule has 0 radical (unpaired) electrons. The molecule has 0 aliphatic rings. The minimum atomic E-state index is -0.566. The van der Waals surface area contributed by atoms with Crippen molar-refractivity contribution in [2.75, 3.05) is 7.11 Å². The first kappa shape index (κ1) is 11.8. The Bertz CT molecular complexity index is 618. The molecule has 0 atom stereocenters. The van der Waals surface area contributed by atoms with Crippen molar-refractivity contribution in [1.29, 1.82) is 0 Å². The molecule has 0 N–H and O–H groups in total. The predicted octanol–water partition coefficient (Wildman–Crippen LogP) is 2.85. The molecular formula is C9H5Cl2N3O3. The van der Waals surface area contributed by atoms with E-state index in [2.05, 4.69) is 9.97 Å². The van der Waals surface area contributed by atoms with Crippen molar-refractivity contribution < 1.29 is 9.66 Å². The van der Waals surface area contributed by atoms with E-state index in [4.69, 9.17) is 27.9 Å². The van der Waals surface area contributed by atoms with E-state index in [0.717, 1.165) is 0 Å².